The summed E-state index contributed by atoms with van der Waals surface area (Å²) in [6.07, 6.45) is 3.80. The van der Waals surface area contributed by atoms with Gasteiger partial charge in [-0.25, -0.2) is 5.06 Å². The van der Waals surface area contributed by atoms with Crippen LogP contribution in [-0.4, -0.2) is 56.4 Å². The Morgan fingerprint density at radius 3 is 2.93 bits per heavy atom. The lowest BCUT2D eigenvalue weighted by Gasteiger charge is -2.35. The first kappa shape index (κ1) is 17.5. The molecule has 27 heavy (non-hydrogen) atoms. The maximum atomic E-state index is 12.9. The fourth-order valence-corrected chi connectivity index (χ4v) is 3.61. The summed E-state index contributed by atoms with van der Waals surface area (Å²) in [6, 6.07) is 7.92. The molecule has 8 nitrogen and oxygen atoms in total. The van der Waals surface area contributed by atoms with Crippen molar-refractivity contribution in [1.29, 1.82) is 0 Å². The van der Waals surface area contributed by atoms with Crippen LogP contribution < -0.4 is 0 Å². The average Bonchev–Trinajstić information content (AvgIpc) is 3.17. The summed E-state index contributed by atoms with van der Waals surface area (Å²) in [6.45, 7) is 1.96. The average molecular weight is 370 g/mol. The maximum absolute atomic E-state index is 12.9. The van der Waals surface area contributed by atoms with E-state index >= 15 is 0 Å². The molecular formula is C19H22N4O4. The quantitative estimate of drug-likeness (QED) is 0.889. The highest BCUT2D eigenvalue weighted by Crippen LogP contribution is 2.26. The van der Waals surface area contributed by atoms with Gasteiger partial charge < -0.3 is 10.0 Å². The van der Waals surface area contributed by atoms with Gasteiger partial charge in [0.05, 0.1) is 31.3 Å². The number of phenolic OH excluding ortho intramolecular Hbond substituents is 1. The van der Waals surface area contributed by atoms with Crippen LogP contribution in [-0.2, 0) is 16.2 Å². The molecule has 2 aliphatic rings. The third kappa shape index (κ3) is 3.66. The Morgan fingerprint density at radius 1 is 1.26 bits per heavy atom. The van der Waals surface area contributed by atoms with E-state index in [1.54, 1.807) is 23.2 Å². The molecule has 0 radical (unpaired) electrons. The summed E-state index contributed by atoms with van der Waals surface area (Å²) in [5.41, 5.74) is 1.31. The third-order valence-corrected chi connectivity index (χ3v) is 4.95. The summed E-state index contributed by atoms with van der Waals surface area (Å²) in [7, 11) is 0. The van der Waals surface area contributed by atoms with E-state index in [1.165, 1.54) is 17.2 Å². The highest BCUT2D eigenvalue weighted by atomic mass is 16.7. The van der Waals surface area contributed by atoms with E-state index < -0.39 is 0 Å². The first-order valence-electron chi connectivity index (χ1n) is 9.16. The van der Waals surface area contributed by atoms with Gasteiger partial charge in [0, 0.05) is 24.8 Å². The lowest BCUT2D eigenvalue weighted by molar-refractivity contribution is -0.198. The zero-order chi connectivity index (χ0) is 18.8. The second-order valence-corrected chi connectivity index (χ2v) is 6.90. The van der Waals surface area contributed by atoms with Crippen molar-refractivity contribution in [3.05, 3.63) is 47.8 Å². The van der Waals surface area contributed by atoms with E-state index in [1.807, 2.05) is 10.7 Å². The van der Waals surface area contributed by atoms with E-state index in [0.29, 0.717) is 31.8 Å². The van der Waals surface area contributed by atoms with Gasteiger partial charge in [-0.1, -0.05) is 6.07 Å². The number of aromatic hydroxyl groups is 1. The zero-order valence-corrected chi connectivity index (χ0v) is 15.0. The number of hydroxylamine groups is 2. The number of amides is 2. The number of fused-ring (bicyclic) bond motifs is 1. The SMILES string of the molecule is O=C(c1cccc(O)c1)N1Cc2ccnn2C(CC(=O)N2CCCCO2)C1. The number of hydrogen-bond acceptors (Lipinski definition) is 5. The zero-order valence-electron chi connectivity index (χ0n) is 15.0. The van der Waals surface area contributed by atoms with Crippen LogP contribution in [0.5, 0.6) is 5.75 Å². The summed E-state index contributed by atoms with van der Waals surface area (Å²) in [5, 5.41) is 15.4. The predicted octanol–water partition coefficient (Wildman–Crippen LogP) is 1.73. The van der Waals surface area contributed by atoms with Crippen LogP contribution in [0.25, 0.3) is 0 Å². The van der Waals surface area contributed by atoms with Crippen molar-refractivity contribution in [2.45, 2.75) is 31.8 Å². The van der Waals surface area contributed by atoms with E-state index in [-0.39, 0.29) is 30.0 Å². The van der Waals surface area contributed by atoms with Crippen LogP contribution in [0, 0.1) is 0 Å². The van der Waals surface area contributed by atoms with Crippen LogP contribution in [0.2, 0.25) is 0 Å². The second kappa shape index (κ2) is 7.40. The van der Waals surface area contributed by atoms with E-state index in [9.17, 15) is 14.7 Å². The fraction of sp³-hybridized carbons (Fsp3) is 0.421. The number of carbonyl (C=O) groups is 2. The Kier molecular flexibility index (Phi) is 4.81. The Hall–Kier alpha value is -2.87. The monoisotopic (exact) mass is 370 g/mol. The highest BCUT2D eigenvalue weighted by molar-refractivity contribution is 5.94. The highest BCUT2D eigenvalue weighted by Gasteiger charge is 2.32. The summed E-state index contributed by atoms with van der Waals surface area (Å²) < 4.78 is 1.83. The number of benzene rings is 1. The molecule has 1 aromatic heterocycles. The molecular weight excluding hydrogens is 348 g/mol. The Bertz CT molecular complexity index is 844. The van der Waals surface area contributed by atoms with E-state index in [4.69, 9.17) is 4.84 Å². The van der Waals surface area contributed by atoms with Crippen LogP contribution in [0.3, 0.4) is 0 Å². The minimum atomic E-state index is -0.247. The molecule has 2 amide bonds. The molecule has 0 spiro atoms. The van der Waals surface area contributed by atoms with Crippen LogP contribution in [0.1, 0.15) is 41.4 Å². The largest absolute Gasteiger partial charge is 0.508 e. The number of phenols is 1. The van der Waals surface area contributed by atoms with Crippen LogP contribution in [0.4, 0.5) is 0 Å². The molecule has 1 atom stereocenters. The van der Waals surface area contributed by atoms with E-state index in [0.717, 1.165) is 18.5 Å². The van der Waals surface area contributed by atoms with Crippen molar-refractivity contribution >= 4 is 11.8 Å². The number of nitrogens with zero attached hydrogens (tertiary/aromatic N) is 4. The lowest BCUT2D eigenvalue weighted by Crippen LogP contribution is -2.44. The molecule has 2 aliphatic heterocycles. The third-order valence-electron chi connectivity index (χ3n) is 4.95. The fourth-order valence-electron chi connectivity index (χ4n) is 3.61. The first-order chi connectivity index (χ1) is 13.1. The van der Waals surface area contributed by atoms with E-state index in [2.05, 4.69) is 5.10 Å². The smallest absolute Gasteiger partial charge is 0.254 e. The molecule has 4 rings (SSSR count). The molecule has 1 aromatic carbocycles. The normalized spacial score (nSPS) is 19.6. The molecule has 3 heterocycles. The molecule has 1 unspecified atom stereocenters. The van der Waals surface area contributed by atoms with Gasteiger partial charge in [0.25, 0.3) is 5.91 Å². The van der Waals surface area contributed by atoms with Gasteiger partial charge in [0.1, 0.15) is 5.75 Å². The van der Waals surface area contributed by atoms with Gasteiger partial charge in [-0.05, 0) is 37.1 Å². The van der Waals surface area contributed by atoms with Crippen molar-refractivity contribution in [3.8, 4) is 5.75 Å². The van der Waals surface area contributed by atoms with Gasteiger partial charge >= 0.3 is 0 Å². The topological polar surface area (TPSA) is 87.9 Å². The number of aromatic nitrogens is 2. The van der Waals surface area contributed by atoms with Crippen molar-refractivity contribution in [3.63, 3.8) is 0 Å². The minimum Gasteiger partial charge on any atom is -0.508 e. The first-order valence-corrected chi connectivity index (χ1v) is 9.16. The number of rotatable bonds is 3. The van der Waals surface area contributed by atoms with Crippen molar-refractivity contribution in [2.24, 2.45) is 0 Å². The van der Waals surface area contributed by atoms with Gasteiger partial charge in [0.15, 0.2) is 0 Å². The Labute approximate surface area is 156 Å². The molecule has 0 aliphatic carbocycles. The number of carbonyl (C=O) groups excluding carboxylic acids is 2. The Morgan fingerprint density at radius 2 is 2.15 bits per heavy atom. The summed E-state index contributed by atoms with van der Waals surface area (Å²) in [5.74, 6) is -0.213. The molecule has 1 saturated heterocycles. The van der Waals surface area contributed by atoms with Gasteiger partial charge in [-0.15, -0.1) is 0 Å². The van der Waals surface area contributed by atoms with Crippen LogP contribution >= 0.6 is 0 Å². The molecule has 1 N–H and O–H groups in total. The lowest BCUT2D eigenvalue weighted by atomic mass is 10.1. The second-order valence-electron chi connectivity index (χ2n) is 6.90. The minimum absolute atomic E-state index is 0.0527. The molecule has 0 saturated carbocycles. The molecule has 8 heteroatoms. The van der Waals surface area contributed by atoms with Gasteiger partial charge in [0.2, 0.25) is 5.91 Å². The van der Waals surface area contributed by atoms with Gasteiger partial charge in [-0.2, -0.15) is 5.10 Å². The Balaban J connectivity index is 1.52. The number of hydrogen-bond donors (Lipinski definition) is 1. The van der Waals surface area contributed by atoms with Crippen molar-refractivity contribution < 1.29 is 19.5 Å². The standard InChI is InChI=1S/C19H22N4O4/c24-17-5-3-4-14(10-17)19(26)21-12-15-6-7-20-23(15)16(13-21)11-18(25)22-8-1-2-9-27-22/h3-7,10,16,24H,1-2,8-9,11-13H2. The molecule has 0 bridgehead atoms. The summed E-state index contributed by atoms with van der Waals surface area (Å²) in [4.78, 5) is 32.6. The van der Waals surface area contributed by atoms with Crippen molar-refractivity contribution in [1.82, 2.24) is 19.7 Å². The summed E-state index contributed by atoms with van der Waals surface area (Å²) >= 11 is 0. The van der Waals surface area contributed by atoms with Crippen molar-refractivity contribution in [2.75, 3.05) is 19.7 Å². The van der Waals surface area contributed by atoms with Gasteiger partial charge in [-0.3, -0.25) is 19.1 Å². The predicted molar refractivity (Wildman–Crippen MR) is 95.6 cm³/mol. The molecule has 2 aromatic rings. The maximum Gasteiger partial charge on any atom is 0.254 e. The molecule has 142 valence electrons. The molecule has 1 fully saturated rings. The van der Waals surface area contributed by atoms with Crippen LogP contribution in [0.15, 0.2) is 36.5 Å².